The van der Waals surface area contributed by atoms with E-state index < -0.39 is 11.6 Å². The van der Waals surface area contributed by atoms with Crippen molar-refractivity contribution >= 4 is 11.6 Å². The van der Waals surface area contributed by atoms with E-state index in [4.69, 9.17) is 0 Å². The minimum absolute atomic E-state index is 0.0374. The van der Waals surface area contributed by atoms with E-state index in [1.54, 1.807) is 6.92 Å². The predicted molar refractivity (Wildman–Crippen MR) is 67.8 cm³/mol. The van der Waals surface area contributed by atoms with E-state index in [9.17, 15) is 13.6 Å². The minimum Gasteiger partial charge on any atom is -0.381 e. The summed E-state index contributed by atoms with van der Waals surface area (Å²) in [6, 6.07) is 2.14. The second-order valence-corrected chi connectivity index (χ2v) is 3.82. The minimum atomic E-state index is -0.743. The fourth-order valence-electron chi connectivity index (χ4n) is 1.74. The van der Waals surface area contributed by atoms with E-state index in [-0.39, 0.29) is 17.2 Å². The van der Waals surface area contributed by atoms with Crippen LogP contribution >= 0.6 is 0 Å². The molecule has 0 spiro atoms. The molecule has 0 unspecified atom stereocenters. The molecule has 0 aliphatic rings. The van der Waals surface area contributed by atoms with Crippen LogP contribution < -0.4 is 5.32 Å². The molecule has 0 atom stereocenters. The number of nitrogens with zero attached hydrogens (tertiary/aromatic N) is 1. The molecule has 1 N–H and O–H groups in total. The summed E-state index contributed by atoms with van der Waals surface area (Å²) in [6.07, 6.45) is 0. The Morgan fingerprint density at radius 2 is 1.67 bits per heavy atom. The number of hydrogen-bond acceptors (Lipinski definition) is 2. The molecular formula is C13H18F2N2O. The highest BCUT2D eigenvalue weighted by molar-refractivity contribution is 5.94. The van der Waals surface area contributed by atoms with Gasteiger partial charge in [-0.1, -0.05) is 0 Å². The zero-order valence-electron chi connectivity index (χ0n) is 10.9. The largest absolute Gasteiger partial charge is 0.381 e. The van der Waals surface area contributed by atoms with Crippen molar-refractivity contribution in [1.29, 1.82) is 0 Å². The van der Waals surface area contributed by atoms with E-state index >= 15 is 0 Å². The van der Waals surface area contributed by atoms with Crippen molar-refractivity contribution in [3.63, 3.8) is 0 Å². The Balaban J connectivity index is 3.09. The van der Waals surface area contributed by atoms with Crippen molar-refractivity contribution in [2.75, 3.05) is 25.0 Å². The number of carbonyl (C=O) groups is 1. The van der Waals surface area contributed by atoms with Gasteiger partial charge in [0.2, 0.25) is 0 Å². The summed E-state index contributed by atoms with van der Waals surface area (Å²) in [5, 5.41) is 2.59. The zero-order chi connectivity index (χ0) is 13.7. The molecule has 0 aliphatic carbocycles. The summed E-state index contributed by atoms with van der Waals surface area (Å²) in [5.41, 5.74) is -0.149. The third-order valence-corrected chi connectivity index (χ3v) is 2.69. The number of amides is 1. The van der Waals surface area contributed by atoms with Gasteiger partial charge in [-0.3, -0.25) is 4.79 Å². The normalized spacial score (nSPS) is 10.3. The number of anilines is 1. The summed E-state index contributed by atoms with van der Waals surface area (Å²) in [5.74, 6) is -1.85. The van der Waals surface area contributed by atoms with Crippen molar-refractivity contribution in [3.8, 4) is 0 Å². The van der Waals surface area contributed by atoms with E-state index in [1.165, 1.54) is 4.90 Å². The van der Waals surface area contributed by atoms with Crippen LogP contribution in [0.15, 0.2) is 12.1 Å². The van der Waals surface area contributed by atoms with Crippen molar-refractivity contribution in [2.45, 2.75) is 20.8 Å². The number of hydrogen-bond donors (Lipinski definition) is 1. The van der Waals surface area contributed by atoms with Crippen LogP contribution in [0.1, 0.15) is 31.1 Å². The van der Waals surface area contributed by atoms with Crippen LogP contribution in [0.2, 0.25) is 0 Å². The maximum atomic E-state index is 13.7. The molecule has 18 heavy (non-hydrogen) atoms. The Kier molecular flexibility index (Phi) is 5.07. The van der Waals surface area contributed by atoms with Gasteiger partial charge in [-0.25, -0.2) is 8.78 Å². The Morgan fingerprint density at radius 1 is 1.17 bits per heavy atom. The van der Waals surface area contributed by atoms with Crippen molar-refractivity contribution < 1.29 is 13.6 Å². The molecular weight excluding hydrogens is 238 g/mol. The molecule has 1 rings (SSSR count). The Morgan fingerprint density at radius 3 is 2.06 bits per heavy atom. The first kappa shape index (κ1) is 14.4. The van der Waals surface area contributed by atoms with Crippen molar-refractivity contribution in [2.24, 2.45) is 0 Å². The Hall–Kier alpha value is -1.65. The van der Waals surface area contributed by atoms with Crippen molar-refractivity contribution in [1.82, 2.24) is 4.90 Å². The Bertz CT molecular complexity index is 408. The van der Waals surface area contributed by atoms with Crippen LogP contribution in [-0.2, 0) is 0 Å². The molecule has 3 nitrogen and oxygen atoms in total. The van der Waals surface area contributed by atoms with Crippen LogP contribution in [0.25, 0.3) is 0 Å². The second-order valence-electron chi connectivity index (χ2n) is 3.82. The summed E-state index contributed by atoms with van der Waals surface area (Å²) in [7, 11) is 0. The third kappa shape index (κ3) is 2.97. The molecule has 5 heteroatoms. The van der Waals surface area contributed by atoms with Gasteiger partial charge < -0.3 is 10.2 Å². The second kappa shape index (κ2) is 6.33. The maximum Gasteiger partial charge on any atom is 0.254 e. The highest BCUT2D eigenvalue weighted by atomic mass is 19.1. The summed E-state index contributed by atoms with van der Waals surface area (Å²) < 4.78 is 27.3. The predicted octanol–water partition coefficient (Wildman–Crippen LogP) is 2.88. The number of rotatable bonds is 5. The number of halogens is 2. The van der Waals surface area contributed by atoms with E-state index in [2.05, 4.69) is 5.32 Å². The van der Waals surface area contributed by atoms with Gasteiger partial charge in [0.25, 0.3) is 5.91 Å². The van der Waals surface area contributed by atoms with Crippen molar-refractivity contribution in [3.05, 3.63) is 29.3 Å². The lowest BCUT2D eigenvalue weighted by atomic mass is 10.1. The maximum absolute atomic E-state index is 13.7. The van der Waals surface area contributed by atoms with Crippen LogP contribution in [-0.4, -0.2) is 30.4 Å². The average Bonchev–Trinajstić information content (AvgIpc) is 2.35. The molecule has 0 saturated carbocycles. The average molecular weight is 256 g/mol. The molecule has 0 aliphatic heterocycles. The van der Waals surface area contributed by atoms with Crippen LogP contribution in [0.4, 0.5) is 14.5 Å². The highest BCUT2D eigenvalue weighted by Crippen LogP contribution is 2.21. The standard InChI is InChI=1S/C13H18F2N2O/c1-4-16-12-10(14)7-9(8-11(12)15)13(18)17(5-2)6-3/h7-8,16H,4-6H2,1-3H3. The molecule has 0 fully saturated rings. The molecule has 0 saturated heterocycles. The first-order valence-electron chi connectivity index (χ1n) is 6.07. The summed E-state index contributed by atoms with van der Waals surface area (Å²) in [6.45, 7) is 6.81. The Labute approximate surface area is 106 Å². The van der Waals surface area contributed by atoms with Crippen LogP contribution in [0.5, 0.6) is 0 Å². The van der Waals surface area contributed by atoms with Gasteiger partial charge in [-0.2, -0.15) is 0 Å². The van der Waals surface area contributed by atoms with Gasteiger partial charge in [0, 0.05) is 25.2 Å². The highest BCUT2D eigenvalue weighted by Gasteiger charge is 2.17. The van der Waals surface area contributed by atoms with Crippen LogP contribution in [0.3, 0.4) is 0 Å². The van der Waals surface area contributed by atoms with E-state index in [1.807, 2.05) is 13.8 Å². The number of benzene rings is 1. The van der Waals surface area contributed by atoms with Gasteiger partial charge >= 0.3 is 0 Å². The van der Waals surface area contributed by atoms with Gasteiger partial charge in [0.1, 0.15) is 17.3 Å². The lowest BCUT2D eigenvalue weighted by molar-refractivity contribution is 0.0772. The monoisotopic (exact) mass is 256 g/mol. The number of carbonyl (C=O) groups excluding carboxylic acids is 1. The van der Waals surface area contributed by atoms with Gasteiger partial charge in [0.05, 0.1) is 0 Å². The SMILES string of the molecule is CCNc1c(F)cc(C(=O)N(CC)CC)cc1F. The molecule has 0 bridgehead atoms. The van der Waals surface area contributed by atoms with Gasteiger partial charge in [-0.15, -0.1) is 0 Å². The first-order valence-corrected chi connectivity index (χ1v) is 6.07. The lowest BCUT2D eigenvalue weighted by Crippen LogP contribution is -2.30. The number of nitrogens with one attached hydrogen (secondary N) is 1. The van der Waals surface area contributed by atoms with E-state index in [0.717, 1.165) is 12.1 Å². The fourth-order valence-corrected chi connectivity index (χ4v) is 1.74. The molecule has 0 heterocycles. The molecule has 1 aromatic rings. The molecule has 1 amide bonds. The molecule has 1 aromatic carbocycles. The zero-order valence-corrected chi connectivity index (χ0v) is 10.9. The molecule has 0 aromatic heterocycles. The first-order chi connectivity index (χ1) is 8.54. The van der Waals surface area contributed by atoms with Crippen LogP contribution in [0, 0.1) is 11.6 Å². The molecule has 0 radical (unpaired) electrons. The lowest BCUT2D eigenvalue weighted by Gasteiger charge is -2.19. The fraction of sp³-hybridized carbons (Fsp3) is 0.462. The van der Waals surface area contributed by atoms with Gasteiger partial charge in [-0.05, 0) is 32.9 Å². The third-order valence-electron chi connectivity index (χ3n) is 2.69. The topological polar surface area (TPSA) is 32.3 Å². The van der Waals surface area contributed by atoms with Gasteiger partial charge in [0.15, 0.2) is 0 Å². The molecule has 100 valence electrons. The quantitative estimate of drug-likeness (QED) is 0.878. The summed E-state index contributed by atoms with van der Waals surface area (Å²) in [4.78, 5) is 13.5. The van der Waals surface area contributed by atoms with E-state index in [0.29, 0.717) is 19.6 Å². The smallest absolute Gasteiger partial charge is 0.254 e. The summed E-state index contributed by atoms with van der Waals surface area (Å²) >= 11 is 0.